The largest absolute Gasteiger partial charge is 0.507 e. The van der Waals surface area contributed by atoms with E-state index in [1.165, 1.54) is 70.8 Å². The zero-order valence-corrected chi connectivity index (χ0v) is 25.8. The van der Waals surface area contributed by atoms with Crippen molar-refractivity contribution >= 4 is 77.5 Å². The predicted molar refractivity (Wildman–Crippen MR) is 151 cm³/mol. The Balaban J connectivity index is 0.000000583. The molecule has 1 aliphatic heterocycles. The van der Waals surface area contributed by atoms with E-state index in [2.05, 4.69) is 36.2 Å². The van der Waals surface area contributed by atoms with E-state index in [9.17, 15) is 4.20 Å². The quantitative estimate of drug-likeness (QED) is 0.135. The summed E-state index contributed by atoms with van der Waals surface area (Å²) in [5.74, 6) is 0. The van der Waals surface area contributed by atoms with Crippen molar-refractivity contribution in [1.82, 2.24) is 9.80 Å². The minimum Gasteiger partial charge on any atom is -0.362 e. The number of hydrogen-bond donors (Lipinski definition) is 2. The summed E-state index contributed by atoms with van der Waals surface area (Å²) in [4.78, 5) is 18.6. The molecule has 13 heteroatoms. The third-order valence-electron chi connectivity index (χ3n) is 5.56. The van der Waals surface area contributed by atoms with Crippen LogP contribution in [0.15, 0.2) is 12.4 Å². The highest BCUT2D eigenvalue weighted by Gasteiger charge is 2.46. The number of alkyl halides is 6. The van der Waals surface area contributed by atoms with Gasteiger partial charge >= 0.3 is 7.91 Å². The topological polar surface area (TPSA) is 64.0 Å². The molecule has 5 nitrogen and oxygen atoms in total. The molecule has 0 spiro atoms. The van der Waals surface area contributed by atoms with Crippen molar-refractivity contribution < 1.29 is 18.5 Å². The molecule has 0 saturated heterocycles. The van der Waals surface area contributed by atoms with E-state index >= 15 is 0 Å². The van der Waals surface area contributed by atoms with Gasteiger partial charge in [0.25, 0.3) is 0 Å². The van der Waals surface area contributed by atoms with Crippen molar-refractivity contribution in [2.24, 2.45) is 0 Å². The fraction of sp³-hybridized carbons (Fsp3) is 0.909. The predicted octanol–water partition coefficient (Wildman–Crippen LogP) is 8.28. The molecule has 210 valence electrons. The third kappa shape index (κ3) is 18.1. The lowest BCUT2D eigenvalue weighted by Crippen LogP contribution is -2.52. The Bertz CT molecular complexity index is 555. The molecule has 0 atom stereocenters. The van der Waals surface area contributed by atoms with Crippen LogP contribution < -0.4 is 0 Å². The fourth-order valence-corrected chi connectivity index (χ4v) is 5.92. The van der Waals surface area contributed by atoms with E-state index in [-0.39, 0.29) is 0 Å². The first-order valence-electron chi connectivity index (χ1n) is 12.0. The summed E-state index contributed by atoms with van der Waals surface area (Å²) in [5, 5.41) is -2.62. The van der Waals surface area contributed by atoms with Crippen LogP contribution in [0.2, 0.25) is 0 Å². The summed E-state index contributed by atoms with van der Waals surface area (Å²) in [6.07, 6.45) is 18.6. The summed E-state index contributed by atoms with van der Waals surface area (Å²) in [5.41, 5.74) is 0. The van der Waals surface area contributed by atoms with Gasteiger partial charge in [0, 0.05) is 26.0 Å². The fourth-order valence-electron chi connectivity index (χ4n) is 3.59. The number of hydrogen-bond acceptors (Lipinski definition) is 3. The molecule has 2 rings (SSSR count). The van der Waals surface area contributed by atoms with E-state index < -0.39 is 40.2 Å². The lowest BCUT2D eigenvalue weighted by atomic mass is 9.97. The number of nitrogens with zero attached hydrogens (tertiary/aromatic N) is 2. The van der Waals surface area contributed by atoms with Crippen molar-refractivity contribution in [3.8, 4) is 0 Å². The van der Waals surface area contributed by atoms with Gasteiger partial charge in [-0.15, -0.1) is 73.8 Å². The maximum absolute atomic E-state index is 10.4. The van der Waals surface area contributed by atoms with E-state index in [1.807, 2.05) is 0 Å². The van der Waals surface area contributed by atoms with Crippen LogP contribution in [-0.2, 0) is 4.57 Å². The van der Waals surface area contributed by atoms with Gasteiger partial charge in [0.15, 0.2) is 0 Å². The molecule has 35 heavy (non-hydrogen) atoms. The molecule has 0 aromatic carbocycles. The Morgan fingerprint density at radius 2 is 1.06 bits per heavy atom. The molecule has 0 bridgehead atoms. The number of halogens is 7. The Kier molecular flexibility index (Phi) is 20.8. The summed E-state index contributed by atoms with van der Waals surface area (Å²) >= 11 is 35.3. The van der Waals surface area contributed by atoms with Crippen LogP contribution >= 0.6 is 77.5 Å². The number of rotatable bonds is 11. The molecule has 0 radical (unpaired) electrons. The smallest absolute Gasteiger partial charge is 0.362 e. The first kappa shape index (κ1) is 36.2. The van der Waals surface area contributed by atoms with Crippen LogP contribution in [0, 0.1) is 0 Å². The Labute approximate surface area is 240 Å². The van der Waals surface area contributed by atoms with Gasteiger partial charge in [0.1, 0.15) is 0 Å². The second kappa shape index (κ2) is 20.1. The summed E-state index contributed by atoms with van der Waals surface area (Å²) in [6.45, 7) is 4.60. The summed E-state index contributed by atoms with van der Waals surface area (Å²) in [6, 6.07) is 0. The van der Waals surface area contributed by atoms with Gasteiger partial charge in [-0.1, -0.05) is 64.7 Å². The first-order valence-corrected chi connectivity index (χ1v) is 16.1. The first-order chi connectivity index (χ1) is 16.3. The highest BCUT2D eigenvalue weighted by molar-refractivity contribution is 7.45. The Morgan fingerprint density at radius 1 is 0.743 bits per heavy atom. The van der Waals surface area contributed by atoms with Crippen molar-refractivity contribution in [1.29, 1.82) is 0 Å². The van der Waals surface area contributed by atoms with Crippen LogP contribution in [0.5, 0.6) is 0 Å². The van der Waals surface area contributed by atoms with Crippen LogP contribution in [0.3, 0.4) is 0 Å². The molecule has 1 saturated carbocycles. The molecule has 2 N–H and O–H groups in total. The number of unbranched alkanes of at least 4 members (excludes halogenated alkanes) is 9. The van der Waals surface area contributed by atoms with E-state index in [1.54, 1.807) is 0 Å². The third-order valence-corrected chi connectivity index (χ3v) is 9.59. The van der Waals surface area contributed by atoms with E-state index in [0.29, 0.717) is 0 Å². The van der Waals surface area contributed by atoms with Gasteiger partial charge in [-0.3, -0.25) is 9.79 Å². The molecule has 0 amide bonds. The molecule has 1 fully saturated rings. The highest BCUT2D eigenvalue weighted by Crippen LogP contribution is 2.39. The minimum atomic E-state index is -5.14. The molecule has 0 unspecified atom stereocenters. The van der Waals surface area contributed by atoms with Gasteiger partial charge in [0.05, 0.1) is 38.9 Å². The Morgan fingerprint density at radius 3 is 1.34 bits per heavy atom. The molecule has 1 aliphatic carbocycles. The normalized spacial score (nSPS) is 28.3. The average Bonchev–Trinajstić information content (AvgIpc) is 3.20. The Hall–Kier alpha value is 1.16. The lowest BCUT2D eigenvalue weighted by molar-refractivity contribution is 0.290. The van der Waals surface area contributed by atoms with Crippen LogP contribution in [0.4, 0.5) is 4.20 Å². The lowest BCUT2D eigenvalue weighted by Gasteiger charge is -2.37. The second-order valence-electron chi connectivity index (χ2n) is 8.83. The zero-order chi connectivity index (χ0) is 27.0. The second-order valence-corrected chi connectivity index (χ2v) is 12.8. The molecule has 0 aromatic heterocycles. The van der Waals surface area contributed by atoms with E-state index in [4.69, 9.17) is 84.0 Å². The summed E-state index contributed by atoms with van der Waals surface area (Å²) in [7, 11) is -3.00. The zero-order valence-electron chi connectivity index (χ0n) is 20.4. The SMILES string of the molecule is CCCCCCCCCCCCN1C=CN(C)C1.Cl[C@H]1[C@H](Cl)[C@@H](Cl)[C@@H](Cl)[C@H](Cl)[C@H]1Cl.O=P(O)(O)F. The van der Waals surface area contributed by atoms with Gasteiger partial charge < -0.3 is 9.80 Å². The van der Waals surface area contributed by atoms with E-state index in [0.717, 1.165) is 6.67 Å². The van der Waals surface area contributed by atoms with Gasteiger partial charge in [0.2, 0.25) is 0 Å². The maximum Gasteiger partial charge on any atom is 0.507 e. The monoisotopic (exact) mass is 640 g/mol. The van der Waals surface area contributed by atoms with Crippen molar-refractivity contribution in [3.63, 3.8) is 0 Å². The molecule has 2 aliphatic rings. The molecule has 1 heterocycles. The summed E-state index contributed by atoms with van der Waals surface area (Å²) < 4.78 is 19.0. The van der Waals surface area contributed by atoms with Crippen molar-refractivity contribution in [3.05, 3.63) is 12.4 Å². The maximum atomic E-state index is 10.4. The average molecular weight is 643 g/mol. The molecular formula is C22H40Cl6FN2O3P. The highest BCUT2D eigenvalue weighted by atomic mass is 35.5. The minimum absolute atomic E-state index is 0.437. The van der Waals surface area contributed by atoms with Crippen LogP contribution in [0.25, 0.3) is 0 Å². The molecule has 0 aromatic rings. The molecular weight excluding hydrogens is 603 g/mol. The van der Waals surface area contributed by atoms with Gasteiger partial charge in [-0.2, -0.15) is 0 Å². The van der Waals surface area contributed by atoms with Crippen molar-refractivity contribution in [2.45, 2.75) is 103 Å². The van der Waals surface area contributed by atoms with Gasteiger partial charge in [-0.25, -0.2) is 4.57 Å². The van der Waals surface area contributed by atoms with Crippen LogP contribution in [0.1, 0.15) is 71.1 Å². The standard InChI is InChI=1S/C16H32N2.C6H6Cl6.FH2O3P/c1-3-4-5-6-7-8-9-10-11-12-13-18-15-14-17(2)16-18;7-1-2(8)4(10)6(12)5(11)3(1)9;1-5(2,3)4/h14-15H,3-13,16H2,1-2H3;1-6H;(H2,2,3,4)/t;1-,2-,3-,4+,5+,6+;. The van der Waals surface area contributed by atoms with Gasteiger partial charge in [-0.05, 0) is 6.42 Å². The van der Waals surface area contributed by atoms with Crippen LogP contribution in [-0.4, -0.2) is 72.1 Å². The van der Waals surface area contributed by atoms with Crippen molar-refractivity contribution in [2.75, 3.05) is 20.3 Å².